The Bertz CT molecular complexity index is 426. The number of carboxylic acids is 2. The minimum absolute atomic E-state index is 0. The Hall–Kier alpha value is 0.511. The van der Waals surface area contributed by atoms with Crippen molar-refractivity contribution in [2.24, 2.45) is 0 Å². The third-order valence-corrected chi connectivity index (χ3v) is 6.49. The van der Waals surface area contributed by atoms with Gasteiger partial charge in [0.05, 0.1) is 0 Å². The quantitative estimate of drug-likeness (QED) is 0.0742. The number of carbonyl (C=O) groups is 2. The van der Waals surface area contributed by atoms with E-state index in [0.717, 1.165) is 25.7 Å². The summed E-state index contributed by atoms with van der Waals surface area (Å²) < 4.78 is 0. The van der Waals surface area contributed by atoms with Crippen LogP contribution in [-0.2, 0) is 9.59 Å². The fourth-order valence-electron chi connectivity index (χ4n) is 4.23. The van der Waals surface area contributed by atoms with E-state index in [1.54, 1.807) is 0 Å². The predicted octanol–water partition coefficient (Wildman–Crippen LogP) is 10.2. The molecule has 0 aromatic rings. The average molecular weight is 624 g/mol. The van der Waals surface area contributed by atoms with Gasteiger partial charge < -0.3 is 13.1 Å². The summed E-state index contributed by atoms with van der Waals surface area (Å²) in [6.45, 7) is 4.51. The van der Waals surface area contributed by atoms with E-state index in [9.17, 15) is 9.59 Å². The van der Waals surface area contributed by atoms with Crippen LogP contribution in [0, 0.1) is 0 Å². The second kappa shape index (κ2) is 36.7. The van der Waals surface area contributed by atoms with Crippen molar-refractivity contribution in [3.05, 3.63) is 0 Å². The number of aliphatic carboxylic acids is 2. The van der Waals surface area contributed by atoms with Crippen LogP contribution in [0.15, 0.2) is 0 Å². The van der Waals surface area contributed by atoms with Crippen LogP contribution in [0.25, 0.3) is 0 Å². The van der Waals surface area contributed by atoms with Crippen LogP contribution in [0.4, 0.5) is 0 Å². The molecule has 0 fully saturated rings. The van der Waals surface area contributed by atoms with Crippen molar-refractivity contribution >= 4 is 60.8 Å². The molecule has 208 valence electrons. The number of hydrogen-bond acceptors (Lipinski definition) is 2. The Balaban J connectivity index is -0.000000172. The van der Waals surface area contributed by atoms with Gasteiger partial charge in [0.2, 0.25) is 0 Å². The summed E-state index contributed by atoms with van der Waals surface area (Å²) in [4.78, 5) is 20.6. The third kappa shape index (κ3) is 44.9. The van der Waals surface area contributed by atoms with Crippen molar-refractivity contribution in [1.29, 1.82) is 0 Å². The monoisotopic (exact) mass is 624 g/mol. The largest absolute Gasteiger partial charge is 2.00 e. The molecule has 35 heavy (non-hydrogen) atoms. The van der Waals surface area contributed by atoms with Gasteiger partial charge in [-0.3, -0.25) is 9.59 Å². The van der Waals surface area contributed by atoms with E-state index in [1.807, 2.05) is 0 Å². The summed E-state index contributed by atoms with van der Waals surface area (Å²) in [5, 5.41) is 16.9. The molecule has 0 aromatic carbocycles. The first kappa shape index (κ1) is 40.0. The fraction of sp³-hybridized carbons (Fsp3) is 0.933. The van der Waals surface area contributed by atoms with E-state index in [1.165, 1.54) is 128 Å². The van der Waals surface area contributed by atoms with Gasteiger partial charge in [-0.2, -0.15) is 0 Å². The van der Waals surface area contributed by atoms with E-state index in [2.05, 4.69) is 13.8 Å². The molecule has 0 aliphatic rings. The summed E-state index contributed by atoms with van der Waals surface area (Å²) in [6.07, 6.45) is 31.6. The van der Waals surface area contributed by atoms with Crippen LogP contribution < -0.4 is 0 Å². The number of hydrogen-bond donors (Lipinski definition) is 2. The molecule has 5 heteroatoms. The van der Waals surface area contributed by atoms with Gasteiger partial charge >= 0.3 is 60.8 Å². The van der Waals surface area contributed by atoms with Crippen molar-refractivity contribution in [2.75, 3.05) is 0 Å². The second-order valence-corrected chi connectivity index (χ2v) is 10.1. The molecular formula is C30H62BaO4. The minimum atomic E-state index is -0.657. The zero-order chi connectivity index (χ0) is 25.5. The van der Waals surface area contributed by atoms with Crippen LogP contribution in [0.2, 0.25) is 0 Å². The molecule has 0 aliphatic carbocycles. The Morgan fingerprint density at radius 2 is 0.571 bits per heavy atom. The van der Waals surface area contributed by atoms with Gasteiger partial charge in [-0.05, 0) is 12.8 Å². The predicted molar refractivity (Wildman–Crippen MR) is 155 cm³/mol. The molecule has 0 atom stereocenters. The zero-order valence-electron chi connectivity index (χ0n) is 25.8. The molecule has 2 N–H and O–H groups in total. The van der Waals surface area contributed by atoms with Gasteiger partial charge in [-0.25, -0.2) is 0 Å². The molecular weight excluding hydrogens is 562 g/mol. The SMILES string of the molecule is CCCCCCCCCCCCCC(=O)O.CCCCCCCCCCCCCCCC(=O)O.[Ba+2].[H-].[H-]. The van der Waals surface area contributed by atoms with Crippen molar-refractivity contribution in [3.63, 3.8) is 0 Å². The molecule has 0 radical (unpaired) electrons. The van der Waals surface area contributed by atoms with E-state index in [0.29, 0.717) is 12.8 Å². The topological polar surface area (TPSA) is 74.6 Å². The molecule has 0 spiro atoms. The standard InChI is InChI=1S/C16H32O2.C14H28O2.Ba.2H/c1-2-3-4-5-6-7-8-9-10-11-12-13-14-15-16(17)18;1-2-3-4-5-6-7-8-9-10-11-12-13-14(15)16;;;/h2-15H2,1H3,(H,17,18);2-13H2,1H3,(H,15,16);;;/q;;+2;2*-1. The molecule has 0 amide bonds. The molecule has 4 nitrogen and oxygen atoms in total. The second-order valence-electron chi connectivity index (χ2n) is 10.1. The van der Waals surface area contributed by atoms with Gasteiger partial charge in [0, 0.05) is 12.8 Å². The summed E-state index contributed by atoms with van der Waals surface area (Å²) in [7, 11) is 0. The van der Waals surface area contributed by atoms with E-state index >= 15 is 0 Å². The summed E-state index contributed by atoms with van der Waals surface area (Å²) in [5.74, 6) is -1.31. The fourth-order valence-corrected chi connectivity index (χ4v) is 4.23. The van der Waals surface area contributed by atoms with Crippen molar-refractivity contribution in [2.45, 2.75) is 181 Å². The molecule has 0 saturated heterocycles. The summed E-state index contributed by atoms with van der Waals surface area (Å²) >= 11 is 0. The van der Waals surface area contributed by atoms with Crippen LogP contribution in [0.5, 0.6) is 0 Å². The van der Waals surface area contributed by atoms with Gasteiger partial charge in [-0.1, -0.05) is 155 Å². The van der Waals surface area contributed by atoms with E-state index in [-0.39, 0.29) is 51.7 Å². The van der Waals surface area contributed by atoms with Crippen LogP contribution in [0.3, 0.4) is 0 Å². The maximum atomic E-state index is 10.3. The molecule has 0 aliphatic heterocycles. The molecule has 0 rings (SSSR count). The first-order valence-electron chi connectivity index (χ1n) is 15.0. The van der Waals surface area contributed by atoms with Crippen LogP contribution in [0.1, 0.15) is 184 Å². The van der Waals surface area contributed by atoms with E-state index in [4.69, 9.17) is 10.2 Å². The molecule has 0 heterocycles. The number of unbranched alkanes of at least 4 members (excludes halogenated alkanes) is 22. The van der Waals surface area contributed by atoms with Gasteiger partial charge in [-0.15, -0.1) is 0 Å². The Labute approximate surface area is 262 Å². The Kier molecular flexibility index (Phi) is 41.9. The molecule has 0 aromatic heterocycles. The minimum Gasteiger partial charge on any atom is -1.00 e. The van der Waals surface area contributed by atoms with Crippen molar-refractivity contribution in [3.8, 4) is 0 Å². The van der Waals surface area contributed by atoms with Crippen LogP contribution in [-0.4, -0.2) is 71.0 Å². The number of rotatable bonds is 26. The molecule has 0 saturated carbocycles. The Morgan fingerprint density at radius 3 is 0.743 bits per heavy atom. The maximum absolute atomic E-state index is 10.3. The van der Waals surface area contributed by atoms with Gasteiger partial charge in [0.25, 0.3) is 0 Å². The smallest absolute Gasteiger partial charge is 1.00 e. The normalized spacial score (nSPS) is 10.3. The van der Waals surface area contributed by atoms with Gasteiger partial charge in [0.1, 0.15) is 0 Å². The first-order chi connectivity index (χ1) is 16.5. The summed E-state index contributed by atoms with van der Waals surface area (Å²) in [5.41, 5.74) is 0. The maximum Gasteiger partial charge on any atom is 2.00 e. The van der Waals surface area contributed by atoms with E-state index < -0.39 is 11.9 Å². The first-order valence-corrected chi connectivity index (χ1v) is 15.0. The molecule has 0 bridgehead atoms. The van der Waals surface area contributed by atoms with Crippen molar-refractivity contribution < 1.29 is 22.7 Å². The third-order valence-electron chi connectivity index (χ3n) is 6.49. The van der Waals surface area contributed by atoms with Crippen LogP contribution >= 0.6 is 0 Å². The number of carboxylic acid groups (broad SMARTS) is 2. The van der Waals surface area contributed by atoms with Gasteiger partial charge in [0.15, 0.2) is 0 Å². The summed E-state index contributed by atoms with van der Waals surface area (Å²) in [6, 6.07) is 0. The Morgan fingerprint density at radius 1 is 0.400 bits per heavy atom. The van der Waals surface area contributed by atoms with Crippen molar-refractivity contribution in [1.82, 2.24) is 0 Å². The average Bonchev–Trinajstić information content (AvgIpc) is 2.80. The molecule has 0 unspecified atom stereocenters. The zero-order valence-corrected chi connectivity index (χ0v) is 28.2.